The largest absolute Gasteiger partial charge is 0.338 e. The number of nitrogens with zero attached hydrogens (tertiary/aromatic N) is 3. The Bertz CT molecular complexity index is 1200. The molecule has 1 atom stereocenters. The van der Waals surface area contributed by atoms with Crippen molar-refractivity contribution < 1.29 is 9.59 Å². The Labute approximate surface area is 197 Å². The number of pyridine rings is 1. The van der Waals surface area contributed by atoms with Gasteiger partial charge in [-0.3, -0.25) is 9.59 Å². The molecule has 0 saturated carbocycles. The normalized spacial score (nSPS) is 15.5. The highest BCUT2D eigenvalue weighted by Crippen LogP contribution is 2.33. The molecule has 1 unspecified atom stereocenters. The minimum absolute atomic E-state index is 0.0986. The van der Waals surface area contributed by atoms with E-state index >= 15 is 0 Å². The van der Waals surface area contributed by atoms with E-state index in [0.717, 1.165) is 28.2 Å². The van der Waals surface area contributed by atoms with E-state index in [1.54, 1.807) is 29.3 Å². The third kappa shape index (κ3) is 5.41. The van der Waals surface area contributed by atoms with Crippen LogP contribution in [0.2, 0.25) is 0 Å². The lowest BCUT2D eigenvalue weighted by Crippen LogP contribution is -2.44. The van der Waals surface area contributed by atoms with Gasteiger partial charge in [0.05, 0.1) is 17.0 Å². The first-order valence-electron chi connectivity index (χ1n) is 10.8. The van der Waals surface area contributed by atoms with Crippen LogP contribution in [-0.4, -0.2) is 34.8 Å². The molecule has 0 bridgehead atoms. The summed E-state index contributed by atoms with van der Waals surface area (Å²) in [5, 5.41) is 12.3. The third-order valence-corrected chi connectivity index (χ3v) is 6.74. The van der Waals surface area contributed by atoms with Crippen LogP contribution in [0.4, 0.5) is 5.82 Å². The maximum atomic E-state index is 13.4. The van der Waals surface area contributed by atoms with E-state index in [2.05, 4.69) is 16.4 Å². The van der Waals surface area contributed by atoms with Gasteiger partial charge >= 0.3 is 0 Å². The van der Waals surface area contributed by atoms with Gasteiger partial charge in [0, 0.05) is 29.1 Å². The van der Waals surface area contributed by atoms with Crippen LogP contribution in [0.5, 0.6) is 0 Å². The maximum Gasteiger partial charge on any atom is 0.255 e. The molecule has 1 aliphatic heterocycles. The number of aryl methyl sites for hydroxylation is 1. The number of hydrogen-bond donors (Lipinski definition) is 1. The highest BCUT2D eigenvalue weighted by molar-refractivity contribution is 7.99. The maximum absolute atomic E-state index is 13.4. The first-order valence-corrected chi connectivity index (χ1v) is 11.7. The van der Waals surface area contributed by atoms with Gasteiger partial charge in [-0.1, -0.05) is 42.1 Å². The van der Waals surface area contributed by atoms with E-state index in [9.17, 15) is 14.9 Å². The molecule has 2 aromatic carbocycles. The monoisotopic (exact) mass is 456 g/mol. The van der Waals surface area contributed by atoms with Crippen molar-refractivity contribution in [3.63, 3.8) is 0 Å². The number of anilines is 1. The van der Waals surface area contributed by atoms with Crippen molar-refractivity contribution in [3.8, 4) is 6.07 Å². The average molecular weight is 457 g/mol. The second kappa shape index (κ2) is 10.3. The summed E-state index contributed by atoms with van der Waals surface area (Å²) in [6, 6.07) is 20.7. The number of aromatic nitrogens is 1. The lowest BCUT2D eigenvalue weighted by molar-refractivity contribution is -0.121. The molecule has 0 spiro atoms. The van der Waals surface area contributed by atoms with Gasteiger partial charge in [0.2, 0.25) is 5.91 Å². The first kappa shape index (κ1) is 22.6. The Morgan fingerprint density at radius 3 is 2.61 bits per heavy atom. The Morgan fingerprint density at radius 1 is 1.09 bits per heavy atom. The molecule has 2 amide bonds. The van der Waals surface area contributed by atoms with E-state index in [1.165, 1.54) is 11.8 Å². The molecule has 1 aromatic heterocycles. The number of nitriles is 1. The Morgan fingerprint density at radius 2 is 1.85 bits per heavy atom. The smallest absolute Gasteiger partial charge is 0.255 e. The van der Waals surface area contributed by atoms with Crippen molar-refractivity contribution in [1.82, 2.24) is 9.88 Å². The number of hydrogen-bond acceptors (Lipinski definition) is 5. The van der Waals surface area contributed by atoms with E-state index in [1.807, 2.05) is 49.4 Å². The number of carbonyl (C=O) groups excluding carboxylic acids is 2. The minimum atomic E-state index is -0.287. The summed E-state index contributed by atoms with van der Waals surface area (Å²) >= 11 is 1.41. The van der Waals surface area contributed by atoms with Gasteiger partial charge in [-0.15, -0.1) is 0 Å². The minimum Gasteiger partial charge on any atom is -0.338 e. The molecule has 3 aromatic rings. The van der Waals surface area contributed by atoms with Crippen molar-refractivity contribution >= 4 is 29.4 Å². The van der Waals surface area contributed by atoms with Crippen LogP contribution in [0.25, 0.3) is 0 Å². The van der Waals surface area contributed by atoms with Crippen LogP contribution in [0.1, 0.15) is 34.3 Å². The molecule has 6 nitrogen and oxygen atoms in total. The molecule has 1 fully saturated rings. The molecule has 33 heavy (non-hydrogen) atoms. The second-order valence-corrected chi connectivity index (χ2v) is 9.09. The molecule has 1 saturated heterocycles. The highest BCUT2D eigenvalue weighted by atomic mass is 32.2. The zero-order chi connectivity index (χ0) is 23.2. The molecule has 0 radical (unpaired) electrons. The zero-order valence-corrected chi connectivity index (χ0v) is 19.1. The quantitative estimate of drug-likeness (QED) is 0.590. The van der Waals surface area contributed by atoms with Crippen LogP contribution in [0.3, 0.4) is 0 Å². The number of piperidine rings is 1. The molecular weight excluding hydrogens is 432 g/mol. The Balaban J connectivity index is 1.48. The molecule has 166 valence electrons. The molecular formula is C26H24N4O2S. The van der Waals surface area contributed by atoms with Gasteiger partial charge in [-0.25, -0.2) is 4.98 Å². The van der Waals surface area contributed by atoms with Crippen molar-refractivity contribution in [1.29, 1.82) is 5.26 Å². The number of likely N-dealkylation sites (tertiary alicyclic amines) is 1. The lowest BCUT2D eigenvalue weighted by atomic mass is 9.96. The van der Waals surface area contributed by atoms with Gasteiger partial charge in [0.25, 0.3) is 5.91 Å². The van der Waals surface area contributed by atoms with Crippen molar-refractivity contribution in [2.75, 3.05) is 18.4 Å². The summed E-state index contributed by atoms with van der Waals surface area (Å²) in [7, 11) is 0. The van der Waals surface area contributed by atoms with Crippen LogP contribution in [-0.2, 0) is 4.79 Å². The number of benzene rings is 2. The fourth-order valence-electron chi connectivity index (χ4n) is 3.81. The first-order chi connectivity index (χ1) is 16.0. The number of amides is 2. The number of nitrogens with one attached hydrogen (secondary N) is 1. The van der Waals surface area contributed by atoms with Gasteiger partial charge in [-0.2, -0.15) is 5.26 Å². The molecule has 2 heterocycles. The van der Waals surface area contributed by atoms with Crippen molar-refractivity contribution in [2.24, 2.45) is 5.92 Å². The summed E-state index contributed by atoms with van der Waals surface area (Å²) in [6.45, 7) is 2.92. The molecule has 1 aliphatic rings. The van der Waals surface area contributed by atoms with Gasteiger partial charge in [-0.05, 0) is 55.7 Å². The lowest BCUT2D eigenvalue weighted by Gasteiger charge is -2.32. The van der Waals surface area contributed by atoms with Crippen LogP contribution in [0, 0.1) is 24.2 Å². The Hall–Kier alpha value is -3.63. The van der Waals surface area contributed by atoms with E-state index in [4.69, 9.17) is 0 Å². The highest BCUT2D eigenvalue weighted by Gasteiger charge is 2.30. The van der Waals surface area contributed by atoms with Crippen molar-refractivity contribution in [3.05, 3.63) is 83.6 Å². The van der Waals surface area contributed by atoms with Crippen LogP contribution in [0.15, 0.2) is 76.7 Å². The van der Waals surface area contributed by atoms with E-state index in [0.29, 0.717) is 30.0 Å². The predicted octanol–water partition coefficient (Wildman–Crippen LogP) is 4.90. The Kier molecular flexibility index (Phi) is 7.06. The summed E-state index contributed by atoms with van der Waals surface area (Å²) < 4.78 is 0. The van der Waals surface area contributed by atoms with Gasteiger partial charge in [0.1, 0.15) is 11.9 Å². The van der Waals surface area contributed by atoms with Gasteiger partial charge < -0.3 is 10.2 Å². The summed E-state index contributed by atoms with van der Waals surface area (Å²) in [5.41, 5.74) is 2.18. The van der Waals surface area contributed by atoms with Crippen LogP contribution < -0.4 is 5.32 Å². The van der Waals surface area contributed by atoms with Crippen molar-refractivity contribution in [2.45, 2.75) is 29.6 Å². The van der Waals surface area contributed by atoms with E-state index < -0.39 is 0 Å². The summed E-state index contributed by atoms with van der Waals surface area (Å²) in [6.07, 6.45) is 3.20. The van der Waals surface area contributed by atoms with E-state index in [-0.39, 0.29) is 17.7 Å². The second-order valence-electron chi connectivity index (χ2n) is 8.01. The SMILES string of the molecule is Cc1ccc(NC(=O)C2CCCN(C(=O)c3ccccc3Sc3ccccc3C#N)C2)nc1. The summed E-state index contributed by atoms with van der Waals surface area (Å²) in [4.78, 5) is 33.8. The molecule has 0 aliphatic carbocycles. The molecule has 7 heteroatoms. The molecule has 1 N–H and O–H groups in total. The topological polar surface area (TPSA) is 86.1 Å². The number of rotatable bonds is 5. The predicted molar refractivity (Wildman–Crippen MR) is 128 cm³/mol. The number of carbonyl (C=O) groups is 2. The van der Waals surface area contributed by atoms with Gasteiger partial charge in [0.15, 0.2) is 0 Å². The average Bonchev–Trinajstić information content (AvgIpc) is 2.86. The standard InChI is InChI=1S/C26H24N4O2S/c1-18-12-13-24(28-16-18)29-25(31)20-8-6-14-30(17-20)26(32)21-9-3-5-11-23(21)33-22-10-4-2-7-19(22)15-27/h2-5,7,9-13,16,20H,6,8,14,17H2,1H3,(H,28,29,31). The zero-order valence-electron chi connectivity index (χ0n) is 18.3. The summed E-state index contributed by atoms with van der Waals surface area (Å²) in [5.74, 6) is 0.0184. The molecule has 4 rings (SSSR count). The fraction of sp³-hybridized carbons (Fsp3) is 0.231. The third-order valence-electron chi connectivity index (χ3n) is 5.59. The fourth-order valence-corrected chi connectivity index (χ4v) is 4.83. The van der Waals surface area contributed by atoms with Crippen LogP contribution >= 0.6 is 11.8 Å².